The molecule has 210 valence electrons. The topological polar surface area (TPSA) is 109 Å². The highest BCUT2D eigenvalue weighted by Gasteiger charge is 2.27. The zero-order valence-electron chi connectivity index (χ0n) is 23.1. The molecule has 0 saturated heterocycles. The van der Waals surface area contributed by atoms with Gasteiger partial charge in [-0.2, -0.15) is 5.10 Å². The van der Waals surface area contributed by atoms with Crippen LogP contribution in [-0.2, 0) is 38.4 Å². The van der Waals surface area contributed by atoms with E-state index < -0.39 is 29.6 Å². The lowest BCUT2D eigenvalue weighted by molar-refractivity contribution is -0.173. The number of hydrogen-bond donors (Lipinski definition) is 0. The molecule has 0 aromatic carbocycles. The van der Waals surface area contributed by atoms with E-state index in [1.54, 1.807) is 45.2 Å². The Hall–Kier alpha value is -3.24. The van der Waals surface area contributed by atoms with E-state index in [9.17, 15) is 19.2 Å². The van der Waals surface area contributed by atoms with Crippen LogP contribution in [0.15, 0.2) is 41.3 Å². The van der Waals surface area contributed by atoms with Crippen LogP contribution < -0.4 is 5.56 Å². The maximum Gasteiger partial charge on any atom is 0.314 e. The summed E-state index contributed by atoms with van der Waals surface area (Å²) in [5.41, 5.74) is -0.356. The Morgan fingerprint density at radius 3 is 2.33 bits per heavy atom. The quantitative estimate of drug-likeness (QED) is 0.249. The molecule has 3 heterocycles. The summed E-state index contributed by atoms with van der Waals surface area (Å²) >= 11 is 7.54. The summed E-state index contributed by atoms with van der Waals surface area (Å²) in [6.07, 6.45) is 2.68. The molecule has 0 saturated carbocycles. The molecule has 0 aliphatic carbocycles. The molecule has 39 heavy (non-hydrogen) atoms. The molecule has 11 heteroatoms. The first-order valence-corrected chi connectivity index (χ1v) is 13.8. The zero-order chi connectivity index (χ0) is 29.0. The number of carbonyl (C=O) groups excluding carboxylic acids is 3. The molecule has 0 aliphatic rings. The van der Waals surface area contributed by atoms with Gasteiger partial charge in [0.1, 0.15) is 0 Å². The van der Waals surface area contributed by atoms with Crippen molar-refractivity contribution in [2.45, 2.75) is 67.3 Å². The monoisotopic (exact) mass is 575 g/mol. The molecule has 0 aliphatic heterocycles. The Bertz CT molecular complexity index is 1410. The van der Waals surface area contributed by atoms with Crippen molar-refractivity contribution in [3.05, 3.63) is 61.8 Å². The molecule has 3 aromatic rings. The molecule has 3 rings (SSSR count). The second-order valence-corrected chi connectivity index (χ2v) is 13.0. The number of ether oxygens (including phenoxy) is 2. The minimum absolute atomic E-state index is 0.0619. The van der Waals surface area contributed by atoms with Crippen molar-refractivity contribution in [2.24, 2.45) is 10.8 Å². The molecule has 0 atom stereocenters. The van der Waals surface area contributed by atoms with Crippen LogP contribution in [0.3, 0.4) is 0 Å². The lowest BCUT2D eigenvalue weighted by Gasteiger charge is -2.17. The number of rotatable bonds is 9. The highest BCUT2D eigenvalue weighted by atomic mass is 35.5. The standard InChI is InChI=1S/C28H34ClN3O6S/c1-27(2,3)25(35)32-18(9-10-19-11-12-22(29)39-19)16-21(30-32)20-8-7-14-31(24(20)34)15-13-23(33)37-17-38-26(36)28(4,5)6/h7-8,11-12,14,16H,9-10,13,15,17H2,1-6H3. The first kappa shape index (κ1) is 30.3. The van der Waals surface area contributed by atoms with Gasteiger partial charge in [-0.25, -0.2) is 4.68 Å². The van der Waals surface area contributed by atoms with Crippen LogP contribution in [-0.4, -0.2) is 39.0 Å². The SMILES string of the molecule is CC(C)(C)C(=O)OCOC(=O)CCn1cccc(-c2cc(CCc3ccc(Cl)s3)n(C(=O)C(C)(C)C)n2)c1=O. The number of hydrogen-bond acceptors (Lipinski definition) is 8. The van der Waals surface area contributed by atoms with Crippen molar-refractivity contribution in [1.29, 1.82) is 0 Å². The van der Waals surface area contributed by atoms with E-state index >= 15 is 0 Å². The van der Waals surface area contributed by atoms with E-state index in [-0.39, 0.29) is 24.4 Å². The number of nitrogens with zero attached hydrogens (tertiary/aromatic N) is 3. The maximum atomic E-state index is 13.3. The highest BCUT2D eigenvalue weighted by Crippen LogP contribution is 2.25. The van der Waals surface area contributed by atoms with Crippen LogP contribution in [0.5, 0.6) is 0 Å². The number of halogens is 1. The predicted molar refractivity (Wildman–Crippen MR) is 150 cm³/mol. The second-order valence-electron chi connectivity index (χ2n) is 11.2. The van der Waals surface area contributed by atoms with Gasteiger partial charge < -0.3 is 14.0 Å². The van der Waals surface area contributed by atoms with Gasteiger partial charge in [-0.15, -0.1) is 11.3 Å². The lowest BCUT2D eigenvalue weighted by Crippen LogP contribution is -2.29. The third-order valence-electron chi connectivity index (χ3n) is 5.75. The molecule has 0 bridgehead atoms. The number of aryl methyl sites for hydroxylation is 3. The van der Waals surface area contributed by atoms with E-state index in [1.807, 2.05) is 32.9 Å². The van der Waals surface area contributed by atoms with Crippen molar-refractivity contribution in [2.75, 3.05) is 6.79 Å². The number of carbonyl (C=O) groups is 3. The highest BCUT2D eigenvalue weighted by molar-refractivity contribution is 7.16. The zero-order valence-corrected chi connectivity index (χ0v) is 24.6. The van der Waals surface area contributed by atoms with Gasteiger partial charge >= 0.3 is 11.9 Å². The van der Waals surface area contributed by atoms with Crippen molar-refractivity contribution in [3.63, 3.8) is 0 Å². The normalized spacial score (nSPS) is 11.9. The Morgan fingerprint density at radius 1 is 1.00 bits per heavy atom. The van der Waals surface area contributed by atoms with Crippen molar-refractivity contribution < 1.29 is 23.9 Å². The molecule has 0 radical (unpaired) electrons. The first-order valence-electron chi connectivity index (χ1n) is 12.6. The third-order valence-corrected chi connectivity index (χ3v) is 7.04. The molecule has 3 aromatic heterocycles. The van der Waals surface area contributed by atoms with Gasteiger partial charge in [0, 0.05) is 28.7 Å². The van der Waals surface area contributed by atoms with Crippen LogP contribution in [0.2, 0.25) is 4.34 Å². The minimum Gasteiger partial charge on any atom is -0.428 e. The van der Waals surface area contributed by atoms with Gasteiger partial charge in [0.05, 0.1) is 27.4 Å². The molecule has 0 N–H and O–H groups in total. The van der Waals surface area contributed by atoms with E-state index in [0.29, 0.717) is 34.1 Å². The number of aromatic nitrogens is 3. The van der Waals surface area contributed by atoms with Crippen LogP contribution in [0.25, 0.3) is 11.3 Å². The average Bonchev–Trinajstić information content (AvgIpc) is 3.46. The summed E-state index contributed by atoms with van der Waals surface area (Å²) in [4.78, 5) is 51.4. The van der Waals surface area contributed by atoms with E-state index in [4.69, 9.17) is 21.1 Å². The van der Waals surface area contributed by atoms with Gasteiger partial charge in [0.2, 0.25) is 6.79 Å². The second kappa shape index (κ2) is 12.3. The van der Waals surface area contributed by atoms with Gasteiger partial charge in [0.25, 0.3) is 11.5 Å². The summed E-state index contributed by atoms with van der Waals surface area (Å²) in [6.45, 7) is 10.1. The largest absolute Gasteiger partial charge is 0.428 e. The molecule has 0 amide bonds. The number of thiophene rings is 1. The maximum absolute atomic E-state index is 13.3. The Balaban J connectivity index is 1.76. The summed E-state index contributed by atoms with van der Waals surface area (Å²) in [7, 11) is 0. The molecule has 0 spiro atoms. The fourth-order valence-corrected chi connectivity index (χ4v) is 4.60. The lowest BCUT2D eigenvalue weighted by atomic mass is 9.95. The van der Waals surface area contributed by atoms with Crippen LogP contribution in [0.4, 0.5) is 0 Å². The van der Waals surface area contributed by atoms with Gasteiger partial charge in [-0.1, -0.05) is 32.4 Å². The van der Waals surface area contributed by atoms with E-state index in [1.165, 1.54) is 20.6 Å². The Morgan fingerprint density at radius 2 is 1.72 bits per heavy atom. The van der Waals surface area contributed by atoms with Crippen molar-refractivity contribution >= 4 is 40.8 Å². The van der Waals surface area contributed by atoms with Gasteiger partial charge in [-0.05, 0) is 63.9 Å². The Labute approximate surface area is 236 Å². The van der Waals surface area contributed by atoms with Gasteiger partial charge in [0.15, 0.2) is 0 Å². The average molecular weight is 576 g/mol. The smallest absolute Gasteiger partial charge is 0.314 e. The van der Waals surface area contributed by atoms with Crippen molar-refractivity contribution in [3.8, 4) is 11.3 Å². The number of esters is 2. The molecule has 0 unspecified atom stereocenters. The van der Waals surface area contributed by atoms with Crippen molar-refractivity contribution in [1.82, 2.24) is 14.3 Å². The molecule has 9 nitrogen and oxygen atoms in total. The fourth-order valence-electron chi connectivity index (χ4n) is 3.52. The minimum atomic E-state index is -0.706. The Kier molecular flexibility index (Phi) is 9.55. The fraction of sp³-hybridized carbons (Fsp3) is 0.464. The summed E-state index contributed by atoms with van der Waals surface area (Å²) in [5, 5.41) is 4.53. The summed E-state index contributed by atoms with van der Waals surface area (Å²) < 4.78 is 13.4. The molecular weight excluding hydrogens is 542 g/mol. The van der Waals surface area contributed by atoms with Crippen LogP contribution >= 0.6 is 22.9 Å². The number of pyridine rings is 1. The molecule has 0 fully saturated rings. The van der Waals surface area contributed by atoms with E-state index in [0.717, 1.165) is 4.88 Å². The van der Waals surface area contributed by atoms with E-state index in [2.05, 4.69) is 5.10 Å². The third kappa shape index (κ3) is 8.12. The van der Waals surface area contributed by atoms with Crippen LogP contribution in [0, 0.1) is 10.8 Å². The first-order chi connectivity index (χ1) is 18.2. The summed E-state index contributed by atoms with van der Waals surface area (Å²) in [5.74, 6) is -1.27. The predicted octanol–water partition coefficient (Wildman–Crippen LogP) is 5.38. The van der Waals surface area contributed by atoms with Crippen LogP contribution in [0.1, 0.15) is 63.3 Å². The van der Waals surface area contributed by atoms with Gasteiger partial charge in [-0.3, -0.25) is 19.2 Å². The summed E-state index contributed by atoms with van der Waals surface area (Å²) in [6, 6.07) is 8.88. The molecular formula is C28H34ClN3O6S.